The molecule has 242 valence electrons. The molecule has 3 saturated heterocycles. The van der Waals surface area contributed by atoms with Crippen LogP contribution in [0.3, 0.4) is 0 Å². The van der Waals surface area contributed by atoms with Crippen LogP contribution in [0.1, 0.15) is 96.5 Å². The number of nitrogens with one attached hydrogen (secondary N) is 1. The lowest BCUT2D eigenvalue weighted by atomic mass is 9.70. The molecule has 2 aromatic carbocycles. The van der Waals surface area contributed by atoms with Crippen LogP contribution in [0.5, 0.6) is 0 Å². The molecule has 1 aromatic heterocycles. The average Bonchev–Trinajstić information content (AvgIpc) is 3.48. The second kappa shape index (κ2) is 12.5. The molecule has 8 heteroatoms. The summed E-state index contributed by atoms with van der Waals surface area (Å²) in [5, 5.41) is 2.98. The van der Waals surface area contributed by atoms with Gasteiger partial charge in [-0.3, -0.25) is 14.5 Å². The molecular weight excluding hydrogens is 565 g/mol. The van der Waals surface area contributed by atoms with Crippen molar-refractivity contribution in [2.45, 2.75) is 116 Å². The second-order valence-electron chi connectivity index (χ2n) is 14.8. The molecule has 0 saturated carbocycles. The summed E-state index contributed by atoms with van der Waals surface area (Å²) in [7, 11) is 0. The summed E-state index contributed by atoms with van der Waals surface area (Å²) in [5.41, 5.74) is 2.62. The predicted octanol–water partition coefficient (Wildman–Crippen LogP) is 6.54. The third kappa shape index (κ3) is 6.27. The number of carbonyl (C=O) groups is 2. The number of aromatic nitrogens is 2. The molecule has 3 aliphatic rings. The van der Waals surface area contributed by atoms with E-state index in [0.29, 0.717) is 37.6 Å². The lowest BCUT2D eigenvalue weighted by molar-refractivity contribution is -0.140. The number of halogens is 1. The van der Waals surface area contributed by atoms with Gasteiger partial charge in [-0.2, -0.15) is 0 Å². The smallest absolute Gasteiger partial charge is 0.245 e. The molecule has 3 aromatic rings. The van der Waals surface area contributed by atoms with Crippen molar-refractivity contribution in [2.24, 2.45) is 5.41 Å². The number of amides is 2. The highest BCUT2D eigenvalue weighted by atomic mass is 19.1. The number of benzene rings is 2. The maximum atomic E-state index is 14.6. The van der Waals surface area contributed by atoms with Gasteiger partial charge in [-0.05, 0) is 100 Å². The summed E-state index contributed by atoms with van der Waals surface area (Å²) in [4.78, 5) is 35.8. The van der Waals surface area contributed by atoms with E-state index in [1.54, 1.807) is 6.07 Å². The average molecular weight is 616 g/mol. The number of aryl methyl sites for hydroxylation is 1. The van der Waals surface area contributed by atoms with Crippen LogP contribution in [-0.2, 0) is 15.0 Å². The van der Waals surface area contributed by atoms with Crippen LogP contribution in [0, 0.1) is 18.2 Å². The fourth-order valence-corrected chi connectivity index (χ4v) is 8.38. The molecule has 3 aliphatic heterocycles. The topological polar surface area (TPSA) is 70.5 Å². The van der Waals surface area contributed by atoms with E-state index in [1.165, 1.54) is 24.4 Å². The van der Waals surface area contributed by atoms with Crippen molar-refractivity contribution in [3.63, 3.8) is 0 Å². The van der Waals surface area contributed by atoms with Crippen LogP contribution in [-0.4, -0.2) is 68.9 Å². The highest BCUT2D eigenvalue weighted by Gasteiger charge is 2.44. The monoisotopic (exact) mass is 615 g/mol. The van der Waals surface area contributed by atoms with Gasteiger partial charge in [0.15, 0.2) is 0 Å². The standard InChI is InChI=1S/C37H50FN5O2/c1-6-31(40-35(45)36(3,4)5)34(44)41-19-16-37(17-20-41,26-10-9-11-27(38)22-26)18-21-42-28-14-15-29(42)24-30(23-28)43-25(2)39-32-12-7-8-13-33(32)43/h7-13,22,28-31H,6,14-21,23-24H2,1-5H3,(H,40,45). The summed E-state index contributed by atoms with van der Waals surface area (Å²) in [5.74, 6) is 0.780. The summed E-state index contributed by atoms with van der Waals surface area (Å²) in [6.07, 6.45) is 7.79. The van der Waals surface area contributed by atoms with Gasteiger partial charge in [0.05, 0.1) is 11.0 Å². The van der Waals surface area contributed by atoms with Gasteiger partial charge in [0, 0.05) is 36.6 Å². The van der Waals surface area contributed by atoms with Gasteiger partial charge in [0.2, 0.25) is 11.8 Å². The first-order valence-corrected chi connectivity index (χ1v) is 17.0. The lowest BCUT2D eigenvalue weighted by Gasteiger charge is -2.46. The summed E-state index contributed by atoms with van der Waals surface area (Å²) < 4.78 is 17.1. The van der Waals surface area contributed by atoms with E-state index in [0.717, 1.165) is 55.6 Å². The predicted molar refractivity (Wildman–Crippen MR) is 176 cm³/mol. The van der Waals surface area contributed by atoms with Crippen LogP contribution in [0.15, 0.2) is 48.5 Å². The molecule has 4 heterocycles. The molecule has 0 radical (unpaired) electrons. The Morgan fingerprint density at radius 2 is 1.71 bits per heavy atom. The Labute approximate surface area is 267 Å². The normalized spacial score (nSPS) is 24.1. The minimum absolute atomic E-state index is 0.00891. The molecular formula is C37H50FN5O2. The molecule has 7 nitrogen and oxygen atoms in total. The zero-order valence-corrected chi connectivity index (χ0v) is 27.7. The van der Waals surface area contributed by atoms with Crippen LogP contribution >= 0.6 is 0 Å². The Kier molecular flexibility index (Phi) is 8.81. The fraction of sp³-hybridized carbons (Fsp3) is 0.595. The molecule has 45 heavy (non-hydrogen) atoms. The molecule has 2 bridgehead atoms. The molecule has 6 rings (SSSR count). The third-order valence-corrected chi connectivity index (χ3v) is 11.0. The highest BCUT2D eigenvalue weighted by molar-refractivity contribution is 5.89. The molecule has 2 amide bonds. The van der Waals surface area contributed by atoms with Gasteiger partial charge in [-0.25, -0.2) is 9.37 Å². The minimum Gasteiger partial charge on any atom is -0.344 e. The highest BCUT2D eigenvalue weighted by Crippen LogP contribution is 2.45. The van der Waals surface area contributed by atoms with Crippen LogP contribution < -0.4 is 5.32 Å². The number of rotatable bonds is 8. The summed E-state index contributed by atoms with van der Waals surface area (Å²) in [6, 6.07) is 16.6. The van der Waals surface area contributed by atoms with Crippen molar-refractivity contribution in [1.82, 2.24) is 24.7 Å². The molecule has 1 N–H and O–H groups in total. The van der Waals surface area contributed by atoms with Crippen molar-refractivity contribution in [1.29, 1.82) is 0 Å². The Bertz CT molecular complexity index is 1520. The van der Waals surface area contributed by atoms with Crippen molar-refractivity contribution in [3.8, 4) is 0 Å². The maximum Gasteiger partial charge on any atom is 0.245 e. The van der Waals surface area contributed by atoms with Crippen LogP contribution in [0.2, 0.25) is 0 Å². The van der Waals surface area contributed by atoms with Gasteiger partial charge >= 0.3 is 0 Å². The number of hydrogen-bond acceptors (Lipinski definition) is 4. The van der Waals surface area contributed by atoms with Gasteiger partial charge in [-0.1, -0.05) is 52.0 Å². The van der Waals surface area contributed by atoms with Gasteiger partial charge in [-0.15, -0.1) is 0 Å². The third-order valence-electron chi connectivity index (χ3n) is 11.0. The molecule has 3 unspecified atom stereocenters. The number of hydrogen-bond donors (Lipinski definition) is 1. The number of para-hydroxylation sites is 2. The molecule has 0 spiro atoms. The SMILES string of the molecule is CCC(NC(=O)C(C)(C)C)C(=O)N1CCC(CCN2C3CCC2CC(n2c(C)nc4ccccc42)C3)(c2cccc(F)c2)CC1. The number of nitrogens with zero attached hydrogens (tertiary/aromatic N) is 4. The van der Waals surface area contributed by atoms with E-state index in [2.05, 4.69) is 52.0 Å². The fourth-order valence-electron chi connectivity index (χ4n) is 8.38. The van der Waals surface area contributed by atoms with Crippen LogP contribution in [0.4, 0.5) is 4.39 Å². The van der Waals surface area contributed by atoms with Crippen molar-refractivity contribution in [3.05, 3.63) is 65.7 Å². The zero-order chi connectivity index (χ0) is 31.9. The quantitative estimate of drug-likeness (QED) is 0.312. The first-order valence-electron chi connectivity index (χ1n) is 17.0. The van der Waals surface area contributed by atoms with Crippen molar-refractivity contribution in [2.75, 3.05) is 19.6 Å². The maximum absolute atomic E-state index is 14.6. The van der Waals surface area contributed by atoms with E-state index < -0.39 is 11.5 Å². The number of imidazole rings is 1. The molecule has 3 fully saturated rings. The van der Waals surface area contributed by atoms with Crippen molar-refractivity contribution < 1.29 is 14.0 Å². The van der Waals surface area contributed by atoms with Gasteiger partial charge in [0.1, 0.15) is 17.7 Å². The largest absolute Gasteiger partial charge is 0.344 e. The number of piperidine rings is 2. The second-order valence-corrected chi connectivity index (χ2v) is 14.8. The van der Waals surface area contributed by atoms with E-state index in [-0.39, 0.29) is 23.0 Å². The molecule has 0 aliphatic carbocycles. The first kappa shape index (κ1) is 31.7. The van der Waals surface area contributed by atoms with Gasteiger partial charge < -0.3 is 14.8 Å². The Morgan fingerprint density at radius 3 is 2.36 bits per heavy atom. The molecule has 3 atom stereocenters. The van der Waals surface area contributed by atoms with E-state index in [1.807, 2.05) is 38.7 Å². The van der Waals surface area contributed by atoms with Gasteiger partial charge in [0.25, 0.3) is 0 Å². The summed E-state index contributed by atoms with van der Waals surface area (Å²) in [6.45, 7) is 11.9. The zero-order valence-electron chi connectivity index (χ0n) is 27.7. The lowest BCUT2D eigenvalue weighted by Crippen LogP contribution is -2.54. The van der Waals surface area contributed by atoms with E-state index in [9.17, 15) is 14.0 Å². The Morgan fingerprint density at radius 1 is 1.02 bits per heavy atom. The number of carbonyl (C=O) groups excluding carboxylic acids is 2. The van der Waals surface area contributed by atoms with Crippen molar-refractivity contribution >= 4 is 22.8 Å². The Hall–Kier alpha value is -3.26. The Balaban J connectivity index is 1.15. The van der Waals surface area contributed by atoms with E-state index >= 15 is 0 Å². The number of fused-ring (bicyclic) bond motifs is 3. The van der Waals surface area contributed by atoms with Crippen LogP contribution in [0.25, 0.3) is 11.0 Å². The number of likely N-dealkylation sites (tertiary alicyclic amines) is 1. The summed E-state index contributed by atoms with van der Waals surface area (Å²) >= 11 is 0. The minimum atomic E-state index is -0.554. The first-order chi connectivity index (χ1) is 21.5. The van der Waals surface area contributed by atoms with E-state index in [4.69, 9.17) is 4.98 Å².